The molecule has 5 heteroatoms. The van der Waals surface area contributed by atoms with Gasteiger partial charge in [-0.05, 0) is 25.5 Å². The van der Waals surface area contributed by atoms with Crippen LogP contribution in [0.5, 0.6) is 0 Å². The fourth-order valence-electron chi connectivity index (χ4n) is 1.46. The van der Waals surface area contributed by atoms with E-state index >= 15 is 0 Å². The molecule has 2 aromatic rings. The van der Waals surface area contributed by atoms with Crippen LogP contribution in [0, 0.1) is 6.92 Å². The largest absolute Gasteiger partial charge is 0.393 e. The van der Waals surface area contributed by atoms with Crippen molar-refractivity contribution in [2.24, 2.45) is 0 Å². The standard InChI is InChI=1S/C12H16N4O/c1-9-3-5-11(6-4-9)12-13-15-16(14-12)8-7-10(2)17/h3-6,10,17H,7-8H2,1-2H3. The molecule has 0 saturated heterocycles. The Kier molecular flexibility index (Phi) is 3.49. The molecule has 1 atom stereocenters. The summed E-state index contributed by atoms with van der Waals surface area (Å²) in [5, 5.41) is 21.4. The topological polar surface area (TPSA) is 63.8 Å². The Balaban J connectivity index is 2.10. The molecule has 0 aliphatic heterocycles. The van der Waals surface area contributed by atoms with Gasteiger partial charge in [-0.2, -0.15) is 4.80 Å². The van der Waals surface area contributed by atoms with Crippen LogP contribution in [0.3, 0.4) is 0 Å². The molecule has 0 fully saturated rings. The van der Waals surface area contributed by atoms with Gasteiger partial charge in [0.05, 0.1) is 12.6 Å². The van der Waals surface area contributed by atoms with Gasteiger partial charge < -0.3 is 5.11 Å². The van der Waals surface area contributed by atoms with Crippen molar-refractivity contribution < 1.29 is 5.11 Å². The summed E-state index contributed by atoms with van der Waals surface area (Å²) >= 11 is 0. The molecule has 0 radical (unpaired) electrons. The fourth-order valence-corrected chi connectivity index (χ4v) is 1.46. The SMILES string of the molecule is Cc1ccc(-c2nnn(CCC(C)O)n2)cc1. The van der Waals surface area contributed by atoms with Crippen molar-refractivity contribution >= 4 is 0 Å². The molecule has 0 bridgehead atoms. The van der Waals surface area contributed by atoms with Gasteiger partial charge in [0.2, 0.25) is 5.82 Å². The van der Waals surface area contributed by atoms with Crippen LogP contribution >= 0.6 is 0 Å². The van der Waals surface area contributed by atoms with Crippen molar-refractivity contribution in [3.8, 4) is 11.4 Å². The lowest BCUT2D eigenvalue weighted by Crippen LogP contribution is -2.09. The summed E-state index contributed by atoms with van der Waals surface area (Å²) < 4.78 is 0. The highest BCUT2D eigenvalue weighted by Gasteiger charge is 2.06. The van der Waals surface area contributed by atoms with Crippen molar-refractivity contribution in [3.05, 3.63) is 29.8 Å². The maximum absolute atomic E-state index is 9.18. The zero-order chi connectivity index (χ0) is 12.3. The third-order valence-corrected chi connectivity index (χ3v) is 2.51. The van der Waals surface area contributed by atoms with Crippen LogP contribution in [0.2, 0.25) is 0 Å². The Morgan fingerprint density at radius 1 is 1.29 bits per heavy atom. The summed E-state index contributed by atoms with van der Waals surface area (Å²) in [6, 6.07) is 7.99. The summed E-state index contributed by atoms with van der Waals surface area (Å²) in [5.74, 6) is 0.621. The molecule has 1 aromatic heterocycles. The zero-order valence-electron chi connectivity index (χ0n) is 10.0. The molecular weight excluding hydrogens is 216 g/mol. The van der Waals surface area contributed by atoms with E-state index in [0.717, 1.165) is 5.56 Å². The second kappa shape index (κ2) is 5.05. The predicted octanol–water partition coefficient (Wildman–Crippen LogP) is 1.42. The van der Waals surface area contributed by atoms with Gasteiger partial charge in [-0.1, -0.05) is 29.8 Å². The summed E-state index contributed by atoms with van der Waals surface area (Å²) in [6.07, 6.45) is 0.285. The van der Waals surface area contributed by atoms with Crippen LogP contribution in [0.25, 0.3) is 11.4 Å². The lowest BCUT2D eigenvalue weighted by molar-refractivity contribution is 0.173. The van der Waals surface area contributed by atoms with Crippen LogP contribution < -0.4 is 0 Å². The van der Waals surface area contributed by atoms with E-state index in [2.05, 4.69) is 15.4 Å². The summed E-state index contributed by atoms with van der Waals surface area (Å²) in [6.45, 7) is 4.37. The van der Waals surface area contributed by atoms with Gasteiger partial charge in [0, 0.05) is 5.56 Å². The summed E-state index contributed by atoms with van der Waals surface area (Å²) in [4.78, 5) is 1.52. The zero-order valence-corrected chi connectivity index (χ0v) is 10.0. The van der Waals surface area contributed by atoms with E-state index in [1.54, 1.807) is 6.92 Å². The third-order valence-electron chi connectivity index (χ3n) is 2.51. The van der Waals surface area contributed by atoms with E-state index in [9.17, 15) is 5.11 Å². The molecule has 0 amide bonds. The van der Waals surface area contributed by atoms with E-state index in [1.165, 1.54) is 10.4 Å². The van der Waals surface area contributed by atoms with Gasteiger partial charge in [-0.15, -0.1) is 10.2 Å². The van der Waals surface area contributed by atoms with Crippen molar-refractivity contribution in [1.29, 1.82) is 0 Å². The summed E-state index contributed by atoms with van der Waals surface area (Å²) in [7, 11) is 0. The first-order valence-corrected chi connectivity index (χ1v) is 5.68. The number of hydrogen-bond acceptors (Lipinski definition) is 4. The number of aliphatic hydroxyl groups excluding tert-OH is 1. The minimum absolute atomic E-state index is 0.344. The molecule has 2 rings (SSSR count). The van der Waals surface area contributed by atoms with Gasteiger partial charge in [0.15, 0.2) is 0 Å². The van der Waals surface area contributed by atoms with Gasteiger partial charge in [0.1, 0.15) is 0 Å². The molecule has 0 aliphatic carbocycles. The Bertz CT molecular complexity index is 476. The third kappa shape index (κ3) is 3.10. The van der Waals surface area contributed by atoms with Crippen LogP contribution in [0.4, 0.5) is 0 Å². The minimum atomic E-state index is -0.344. The molecule has 0 spiro atoms. The maximum Gasteiger partial charge on any atom is 0.204 e. The predicted molar refractivity (Wildman–Crippen MR) is 64.3 cm³/mol. The number of aliphatic hydroxyl groups is 1. The van der Waals surface area contributed by atoms with Crippen LogP contribution in [0.15, 0.2) is 24.3 Å². The van der Waals surface area contributed by atoms with Gasteiger partial charge in [0.25, 0.3) is 0 Å². The second-order valence-corrected chi connectivity index (χ2v) is 4.21. The smallest absolute Gasteiger partial charge is 0.204 e. The number of hydrogen-bond donors (Lipinski definition) is 1. The number of aryl methyl sites for hydroxylation is 2. The number of nitrogens with zero attached hydrogens (tertiary/aromatic N) is 4. The average Bonchev–Trinajstić information content (AvgIpc) is 2.76. The Morgan fingerprint density at radius 2 is 2.00 bits per heavy atom. The first kappa shape index (κ1) is 11.7. The van der Waals surface area contributed by atoms with E-state index in [-0.39, 0.29) is 6.10 Å². The molecular formula is C12H16N4O. The monoisotopic (exact) mass is 232 g/mol. The first-order valence-electron chi connectivity index (χ1n) is 5.68. The highest BCUT2D eigenvalue weighted by Crippen LogP contribution is 2.13. The quantitative estimate of drug-likeness (QED) is 0.865. The highest BCUT2D eigenvalue weighted by atomic mass is 16.3. The molecule has 0 aliphatic rings. The van der Waals surface area contributed by atoms with E-state index in [1.807, 2.05) is 31.2 Å². The second-order valence-electron chi connectivity index (χ2n) is 4.21. The Labute approximate surface area is 100 Å². The molecule has 1 N–H and O–H groups in total. The van der Waals surface area contributed by atoms with Crippen LogP contribution in [0.1, 0.15) is 18.9 Å². The van der Waals surface area contributed by atoms with Gasteiger partial charge >= 0.3 is 0 Å². The van der Waals surface area contributed by atoms with Crippen LogP contribution in [-0.4, -0.2) is 31.4 Å². The average molecular weight is 232 g/mol. The Hall–Kier alpha value is -1.75. The number of aromatic nitrogens is 4. The normalized spacial score (nSPS) is 12.6. The molecule has 90 valence electrons. The van der Waals surface area contributed by atoms with Crippen LogP contribution in [-0.2, 0) is 6.54 Å². The van der Waals surface area contributed by atoms with Crippen molar-refractivity contribution in [1.82, 2.24) is 20.2 Å². The summed E-state index contributed by atoms with van der Waals surface area (Å²) in [5.41, 5.74) is 2.16. The lowest BCUT2D eigenvalue weighted by atomic mass is 10.1. The molecule has 17 heavy (non-hydrogen) atoms. The Morgan fingerprint density at radius 3 is 2.65 bits per heavy atom. The molecule has 1 aromatic carbocycles. The molecule has 1 unspecified atom stereocenters. The van der Waals surface area contributed by atoms with Crippen molar-refractivity contribution in [2.75, 3.05) is 0 Å². The highest BCUT2D eigenvalue weighted by molar-refractivity contribution is 5.53. The van der Waals surface area contributed by atoms with E-state index in [4.69, 9.17) is 0 Å². The molecule has 5 nitrogen and oxygen atoms in total. The van der Waals surface area contributed by atoms with E-state index < -0.39 is 0 Å². The maximum atomic E-state index is 9.18. The van der Waals surface area contributed by atoms with Crippen molar-refractivity contribution in [3.63, 3.8) is 0 Å². The number of tetrazole rings is 1. The van der Waals surface area contributed by atoms with Gasteiger partial charge in [-0.25, -0.2) is 0 Å². The van der Waals surface area contributed by atoms with Gasteiger partial charge in [-0.3, -0.25) is 0 Å². The molecule has 1 heterocycles. The first-order chi connectivity index (χ1) is 8.15. The van der Waals surface area contributed by atoms with E-state index in [0.29, 0.717) is 18.8 Å². The lowest BCUT2D eigenvalue weighted by Gasteiger charge is -2.01. The number of benzene rings is 1. The molecule has 0 saturated carbocycles. The van der Waals surface area contributed by atoms with Crippen molar-refractivity contribution in [2.45, 2.75) is 32.9 Å². The fraction of sp³-hybridized carbons (Fsp3) is 0.417. The number of rotatable bonds is 4. The minimum Gasteiger partial charge on any atom is -0.393 e.